The molecule has 1 fully saturated rings. The zero-order valence-corrected chi connectivity index (χ0v) is 14.4. The van der Waals surface area contributed by atoms with Gasteiger partial charge in [-0.1, -0.05) is 31.2 Å². The van der Waals surface area contributed by atoms with Gasteiger partial charge in [-0.05, 0) is 44.1 Å². The molecule has 1 N–H and O–H groups in total. The van der Waals surface area contributed by atoms with Crippen LogP contribution in [0.15, 0.2) is 48.7 Å². The quantitative estimate of drug-likeness (QED) is 0.848. The van der Waals surface area contributed by atoms with Crippen molar-refractivity contribution in [1.82, 2.24) is 14.8 Å². The molecule has 1 unspecified atom stereocenters. The maximum atomic E-state index is 10.1. The van der Waals surface area contributed by atoms with E-state index < -0.39 is 0 Å². The van der Waals surface area contributed by atoms with Gasteiger partial charge in [-0.3, -0.25) is 14.8 Å². The number of pyridine rings is 1. The van der Waals surface area contributed by atoms with Crippen LogP contribution in [0.4, 0.5) is 0 Å². The van der Waals surface area contributed by atoms with Crippen molar-refractivity contribution < 1.29 is 5.11 Å². The van der Waals surface area contributed by atoms with Gasteiger partial charge in [0.25, 0.3) is 0 Å². The third kappa shape index (κ3) is 4.34. The first-order valence-electron chi connectivity index (χ1n) is 8.89. The Kier molecular flexibility index (Phi) is 5.83. The zero-order chi connectivity index (χ0) is 16.8. The van der Waals surface area contributed by atoms with Crippen LogP contribution in [-0.2, 0) is 13.1 Å². The van der Waals surface area contributed by atoms with Crippen molar-refractivity contribution in [1.29, 1.82) is 0 Å². The number of phenolic OH excluding ortho intramolecular Hbond substituents is 1. The van der Waals surface area contributed by atoms with Crippen LogP contribution in [0.2, 0.25) is 0 Å². The van der Waals surface area contributed by atoms with E-state index in [1.54, 1.807) is 6.07 Å². The van der Waals surface area contributed by atoms with E-state index >= 15 is 0 Å². The van der Waals surface area contributed by atoms with Crippen LogP contribution in [0, 0.1) is 0 Å². The number of likely N-dealkylation sites (N-methyl/N-ethyl adjacent to an activating group) is 1. The van der Waals surface area contributed by atoms with Gasteiger partial charge in [0, 0.05) is 37.4 Å². The van der Waals surface area contributed by atoms with Crippen molar-refractivity contribution in [2.75, 3.05) is 19.6 Å². The topological polar surface area (TPSA) is 39.6 Å². The Labute approximate surface area is 144 Å². The number of nitrogens with zero attached hydrogens (tertiary/aromatic N) is 3. The molecule has 1 aliphatic heterocycles. The molecule has 3 rings (SSSR count). The Bertz CT molecular complexity index is 632. The van der Waals surface area contributed by atoms with Crippen molar-refractivity contribution in [3.8, 4) is 5.75 Å². The smallest absolute Gasteiger partial charge is 0.120 e. The fraction of sp³-hybridized carbons (Fsp3) is 0.450. The average Bonchev–Trinajstić information content (AvgIpc) is 3.05. The lowest BCUT2D eigenvalue weighted by Gasteiger charge is -2.30. The molecule has 1 aromatic heterocycles. The van der Waals surface area contributed by atoms with E-state index in [1.165, 1.54) is 19.4 Å². The largest absolute Gasteiger partial charge is 0.508 e. The molecule has 2 heterocycles. The van der Waals surface area contributed by atoms with E-state index in [0.717, 1.165) is 37.4 Å². The average molecular weight is 325 g/mol. The van der Waals surface area contributed by atoms with E-state index in [9.17, 15) is 5.11 Å². The van der Waals surface area contributed by atoms with Gasteiger partial charge in [-0.15, -0.1) is 0 Å². The normalized spacial score (nSPS) is 18.3. The minimum Gasteiger partial charge on any atom is -0.508 e. The molecule has 24 heavy (non-hydrogen) atoms. The molecule has 0 spiro atoms. The number of likely N-dealkylation sites (tertiary alicyclic amines) is 1. The first kappa shape index (κ1) is 16.9. The predicted octanol–water partition coefficient (Wildman–Crippen LogP) is 3.27. The van der Waals surface area contributed by atoms with Crippen molar-refractivity contribution in [2.24, 2.45) is 0 Å². The van der Waals surface area contributed by atoms with Gasteiger partial charge in [-0.25, -0.2) is 0 Å². The summed E-state index contributed by atoms with van der Waals surface area (Å²) in [5.74, 6) is 0.377. The fourth-order valence-corrected chi connectivity index (χ4v) is 3.61. The highest BCUT2D eigenvalue weighted by atomic mass is 16.3. The number of rotatable bonds is 7. The van der Waals surface area contributed by atoms with E-state index in [2.05, 4.69) is 27.8 Å². The summed E-state index contributed by atoms with van der Waals surface area (Å²) in [5, 5.41) is 10.1. The van der Waals surface area contributed by atoms with Crippen molar-refractivity contribution in [2.45, 2.75) is 38.9 Å². The predicted molar refractivity (Wildman–Crippen MR) is 96.7 cm³/mol. The van der Waals surface area contributed by atoms with E-state index in [1.807, 2.05) is 36.5 Å². The Morgan fingerprint density at radius 3 is 2.75 bits per heavy atom. The number of para-hydroxylation sites is 1. The molecule has 2 aromatic rings. The Morgan fingerprint density at radius 1 is 1.17 bits per heavy atom. The maximum Gasteiger partial charge on any atom is 0.120 e. The number of aromatic hydroxyl groups is 1. The minimum atomic E-state index is 0.377. The Balaban J connectivity index is 1.74. The number of phenols is 1. The second-order valence-corrected chi connectivity index (χ2v) is 6.54. The highest BCUT2D eigenvalue weighted by Gasteiger charge is 2.25. The maximum absolute atomic E-state index is 10.1. The van der Waals surface area contributed by atoms with Crippen LogP contribution < -0.4 is 0 Å². The van der Waals surface area contributed by atoms with Crippen LogP contribution >= 0.6 is 0 Å². The molecule has 0 bridgehead atoms. The fourth-order valence-electron chi connectivity index (χ4n) is 3.61. The Hall–Kier alpha value is -1.91. The molecule has 1 aromatic carbocycles. The van der Waals surface area contributed by atoms with E-state index in [0.29, 0.717) is 11.8 Å². The summed E-state index contributed by atoms with van der Waals surface area (Å²) in [6.45, 7) is 7.12. The van der Waals surface area contributed by atoms with Crippen molar-refractivity contribution in [3.63, 3.8) is 0 Å². The first-order valence-corrected chi connectivity index (χ1v) is 8.89. The second-order valence-electron chi connectivity index (χ2n) is 6.54. The summed E-state index contributed by atoms with van der Waals surface area (Å²) in [6, 6.07) is 14.3. The monoisotopic (exact) mass is 325 g/mol. The summed E-state index contributed by atoms with van der Waals surface area (Å²) in [5.41, 5.74) is 2.06. The molecule has 1 atom stereocenters. The van der Waals surface area contributed by atoms with Gasteiger partial charge in [-0.2, -0.15) is 0 Å². The lowest BCUT2D eigenvalue weighted by molar-refractivity contribution is 0.163. The summed E-state index contributed by atoms with van der Waals surface area (Å²) in [4.78, 5) is 9.46. The lowest BCUT2D eigenvalue weighted by Crippen LogP contribution is -2.39. The van der Waals surface area contributed by atoms with E-state index in [-0.39, 0.29) is 0 Å². The number of hydrogen-bond donors (Lipinski definition) is 1. The summed E-state index contributed by atoms with van der Waals surface area (Å²) in [7, 11) is 0. The summed E-state index contributed by atoms with van der Waals surface area (Å²) < 4.78 is 0. The molecular weight excluding hydrogens is 298 g/mol. The van der Waals surface area contributed by atoms with Crippen LogP contribution in [0.25, 0.3) is 0 Å². The summed E-state index contributed by atoms with van der Waals surface area (Å²) in [6.07, 6.45) is 4.39. The Morgan fingerprint density at radius 2 is 2.00 bits per heavy atom. The SMILES string of the molecule is CCN1CCCC1CN(Cc1ccccn1)Cc1ccccc1O. The molecule has 0 radical (unpaired) electrons. The number of benzene rings is 1. The molecule has 1 saturated heterocycles. The molecule has 128 valence electrons. The first-order chi connectivity index (χ1) is 11.8. The third-order valence-corrected chi connectivity index (χ3v) is 4.87. The standard InChI is InChI=1S/C20H27N3O/c1-2-23-13-7-10-19(23)16-22(15-18-9-5-6-12-21-18)14-17-8-3-4-11-20(17)24/h3-6,8-9,11-12,19,24H,2,7,10,13-16H2,1H3. The van der Waals surface area contributed by atoms with Crippen LogP contribution in [0.5, 0.6) is 5.75 Å². The van der Waals surface area contributed by atoms with Crippen molar-refractivity contribution in [3.05, 3.63) is 59.9 Å². The van der Waals surface area contributed by atoms with Gasteiger partial charge < -0.3 is 5.11 Å². The van der Waals surface area contributed by atoms with Crippen molar-refractivity contribution >= 4 is 0 Å². The van der Waals surface area contributed by atoms with Crippen LogP contribution in [-0.4, -0.2) is 45.6 Å². The molecule has 0 amide bonds. The van der Waals surface area contributed by atoms with Crippen LogP contribution in [0.1, 0.15) is 31.0 Å². The second kappa shape index (κ2) is 8.27. The molecule has 4 nitrogen and oxygen atoms in total. The highest BCUT2D eigenvalue weighted by molar-refractivity contribution is 5.31. The van der Waals surface area contributed by atoms with E-state index in [4.69, 9.17) is 0 Å². The van der Waals surface area contributed by atoms with Gasteiger partial charge in [0.1, 0.15) is 5.75 Å². The molecule has 0 aliphatic carbocycles. The third-order valence-electron chi connectivity index (χ3n) is 4.87. The van der Waals surface area contributed by atoms with Gasteiger partial charge >= 0.3 is 0 Å². The minimum absolute atomic E-state index is 0.377. The zero-order valence-electron chi connectivity index (χ0n) is 14.4. The number of aromatic nitrogens is 1. The van der Waals surface area contributed by atoms with Gasteiger partial charge in [0.2, 0.25) is 0 Å². The highest BCUT2D eigenvalue weighted by Crippen LogP contribution is 2.22. The van der Waals surface area contributed by atoms with Gasteiger partial charge in [0.15, 0.2) is 0 Å². The van der Waals surface area contributed by atoms with Gasteiger partial charge in [0.05, 0.1) is 5.69 Å². The molecule has 1 aliphatic rings. The molecular formula is C20H27N3O. The lowest BCUT2D eigenvalue weighted by atomic mass is 10.1. The molecule has 0 saturated carbocycles. The number of hydrogen-bond acceptors (Lipinski definition) is 4. The van der Waals surface area contributed by atoms with Crippen LogP contribution in [0.3, 0.4) is 0 Å². The summed E-state index contributed by atoms with van der Waals surface area (Å²) >= 11 is 0. The molecule has 4 heteroatoms.